The zero-order valence-corrected chi connectivity index (χ0v) is 25.9. The van der Waals surface area contributed by atoms with E-state index in [0.717, 1.165) is 50.0 Å². The van der Waals surface area contributed by atoms with Gasteiger partial charge in [-0.15, -0.1) is 0 Å². The third-order valence-corrected chi connectivity index (χ3v) is 8.67. The summed E-state index contributed by atoms with van der Waals surface area (Å²) in [5, 5.41) is 15.2. The molecule has 0 spiro atoms. The maximum atomic E-state index is 16.4. The predicted octanol–water partition coefficient (Wildman–Crippen LogP) is 6.78. The van der Waals surface area contributed by atoms with Crippen molar-refractivity contribution < 1.29 is 14.2 Å². The first kappa shape index (κ1) is 30.3. The largest absolute Gasteiger partial charge is 0.508 e. The molecule has 2 fully saturated rings. The fourth-order valence-electron chi connectivity index (χ4n) is 5.78. The Bertz CT molecular complexity index is 1500. The van der Waals surface area contributed by atoms with E-state index in [0.29, 0.717) is 41.5 Å². The van der Waals surface area contributed by atoms with Gasteiger partial charge in [0.25, 0.3) is 0 Å². The van der Waals surface area contributed by atoms with E-state index in [1.165, 1.54) is 6.08 Å². The number of fused-ring (bicyclic) bond motifs is 3. The highest BCUT2D eigenvalue weighted by Crippen LogP contribution is 2.38. The van der Waals surface area contributed by atoms with Gasteiger partial charge in [-0.1, -0.05) is 35.9 Å². The smallest absolute Gasteiger partial charge is 0.319 e. The molecule has 2 atom stereocenters. The number of ether oxygens (including phenoxy) is 1. The lowest BCUT2D eigenvalue weighted by atomic mass is 10.0. The number of aromatic nitrogens is 2. The van der Waals surface area contributed by atoms with Crippen molar-refractivity contribution in [1.82, 2.24) is 20.2 Å². The molecule has 7 nitrogen and oxygen atoms in total. The lowest BCUT2D eigenvalue weighted by molar-refractivity contribution is 0.226. The number of nitrogens with one attached hydrogen (secondary N) is 1. The number of benzene rings is 2. The number of hydrogen-bond donors (Lipinski definition) is 2. The maximum Gasteiger partial charge on any atom is 0.319 e. The molecule has 2 unspecified atom stereocenters. The molecule has 0 amide bonds. The van der Waals surface area contributed by atoms with Crippen LogP contribution in [0.1, 0.15) is 56.7 Å². The van der Waals surface area contributed by atoms with Crippen LogP contribution in [0.5, 0.6) is 6.01 Å². The fourth-order valence-corrected chi connectivity index (χ4v) is 6.12. The number of nitrogens with zero attached hydrogens (tertiary/aromatic N) is 4. The quantitative estimate of drug-likeness (QED) is 0.152. The van der Waals surface area contributed by atoms with E-state index in [2.05, 4.69) is 41.0 Å². The van der Waals surface area contributed by atoms with Gasteiger partial charge in [-0.2, -0.15) is 9.97 Å². The standard InChI is InChI=1S/C33H41ClFN5O2/c1-20(2)39(5)13-8-14-42-33-37-31-27(32(38-33)40-18-24-11-12-25(19-40)36-24)17-28(34)29(30(31)35)22(4)15-26(41)16-23-10-7-6-9-21(23)3/h6-7,9-10,15-17,20,24-25,36,41H,8,11-14,18-19H2,1-5H3/b22-15+,26-16+. The van der Waals surface area contributed by atoms with E-state index in [1.54, 1.807) is 19.1 Å². The number of hydrogen-bond acceptors (Lipinski definition) is 7. The molecule has 5 rings (SSSR count). The van der Waals surface area contributed by atoms with Gasteiger partial charge in [0.2, 0.25) is 0 Å². The van der Waals surface area contributed by atoms with Gasteiger partial charge < -0.3 is 25.0 Å². The minimum absolute atomic E-state index is 0.00687. The summed E-state index contributed by atoms with van der Waals surface area (Å²) in [4.78, 5) is 13.8. The van der Waals surface area contributed by atoms with Crippen LogP contribution in [0.15, 0.2) is 42.2 Å². The molecule has 0 saturated carbocycles. The number of aliphatic hydroxyl groups is 1. The summed E-state index contributed by atoms with van der Waals surface area (Å²) in [7, 11) is 2.08. The maximum absolute atomic E-state index is 16.4. The molecule has 2 aliphatic rings. The minimum atomic E-state index is -0.555. The monoisotopic (exact) mass is 593 g/mol. The first-order valence-corrected chi connectivity index (χ1v) is 15.2. The number of anilines is 1. The van der Waals surface area contributed by atoms with Gasteiger partial charge in [0.15, 0.2) is 5.82 Å². The Morgan fingerprint density at radius 1 is 1.24 bits per heavy atom. The first-order valence-electron chi connectivity index (χ1n) is 14.8. The van der Waals surface area contributed by atoms with Crippen molar-refractivity contribution in [2.45, 2.75) is 65.1 Å². The highest BCUT2D eigenvalue weighted by Gasteiger charge is 2.34. The third kappa shape index (κ3) is 6.72. The third-order valence-electron chi connectivity index (χ3n) is 8.38. The molecule has 1 aromatic heterocycles. The molecule has 0 radical (unpaired) electrons. The Kier molecular flexibility index (Phi) is 9.35. The summed E-state index contributed by atoms with van der Waals surface area (Å²) in [5.74, 6) is 0.0949. The van der Waals surface area contributed by atoms with Crippen molar-refractivity contribution in [3.63, 3.8) is 0 Å². The van der Waals surface area contributed by atoms with Crippen LogP contribution in [0, 0.1) is 12.7 Å². The highest BCUT2D eigenvalue weighted by atomic mass is 35.5. The van der Waals surface area contributed by atoms with Crippen LogP contribution in [-0.4, -0.2) is 71.4 Å². The summed E-state index contributed by atoms with van der Waals surface area (Å²) in [6.07, 6.45) is 6.21. The van der Waals surface area contributed by atoms with Gasteiger partial charge in [-0.25, -0.2) is 4.39 Å². The van der Waals surface area contributed by atoms with Crippen LogP contribution in [0.3, 0.4) is 0 Å². The van der Waals surface area contributed by atoms with E-state index in [9.17, 15) is 5.11 Å². The molecule has 3 heterocycles. The predicted molar refractivity (Wildman–Crippen MR) is 170 cm³/mol. The topological polar surface area (TPSA) is 73.8 Å². The number of allylic oxidation sites excluding steroid dienone is 2. The number of aryl methyl sites for hydroxylation is 1. The number of halogens is 2. The summed E-state index contributed by atoms with van der Waals surface area (Å²) in [5.41, 5.74) is 2.76. The van der Waals surface area contributed by atoms with Gasteiger partial charge in [-0.3, -0.25) is 0 Å². The van der Waals surface area contributed by atoms with Gasteiger partial charge in [-0.05, 0) is 88.9 Å². The first-order chi connectivity index (χ1) is 20.1. The van der Waals surface area contributed by atoms with Crippen LogP contribution < -0.4 is 15.0 Å². The summed E-state index contributed by atoms with van der Waals surface area (Å²) < 4.78 is 22.4. The minimum Gasteiger partial charge on any atom is -0.508 e. The molecule has 2 bridgehead atoms. The number of aliphatic hydroxyl groups excluding tert-OH is 1. The summed E-state index contributed by atoms with van der Waals surface area (Å²) in [6.45, 7) is 10.9. The van der Waals surface area contributed by atoms with E-state index >= 15 is 4.39 Å². The molecule has 2 aromatic carbocycles. The van der Waals surface area contributed by atoms with Crippen LogP contribution in [0.25, 0.3) is 22.6 Å². The molecule has 9 heteroatoms. The van der Waals surface area contributed by atoms with Crippen molar-refractivity contribution >= 4 is 40.0 Å². The van der Waals surface area contributed by atoms with E-state index in [4.69, 9.17) is 21.3 Å². The second kappa shape index (κ2) is 13.0. The Balaban J connectivity index is 1.51. The Morgan fingerprint density at radius 3 is 2.64 bits per heavy atom. The molecular weight excluding hydrogens is 553 g/mol. The van der Waals surface area contributed by atoms with Crippen molar-refractivity contribution in [2.24, 2.45) is 0 Å². The lowest BCUT2D eigenvalue weighted by Gasteiger charge is -2.34. The SMILES string of the molecule is C/C(=C\C(O)=C/c1ccccc1C)c1c(Cl)cc2c(N3CC4CCC(C3)N4)nc(OCCCN(C)C(C)C)nc2c1F. The Labute approximate surface area is 253 Å². The lowest BCUT2D eigenvalue weighted by Crippen LogP contribution is -2.51. The molecule has 3 aromatic rings. The number of piperazine rings is 1. The van der Waals surface area contributed by atoms with Crippen molar-refractivity contribution in [3.05, 3.63) is 69.7 Å². The summed E-state index contributed by atoms with van der Waals surface area (Å²) >= 11 is 6.75. The average Bonchev–Trinajstić information content (AvgIpc) is 3.29. The van der Waals surface area contributed by atoms with Gasteiger partial charge >= 0.3 is 6.01 Å². The molecule has 42 heavy (non-hydrogen) atoms. The van der Waals surface area contributed by atoms with E-state index < -0.39 is 5.82 Å². The molecular formula is C33H41ClFN5O2. The van der Waals surface area contributed by atoms with Gasteiger partial charge in [0, 0.05) is 48.7 Å². The Morgan fingerprint density at radius 2 is 1.95 bits per heavy atom. The van der Waals surface area contributed by atoms with Crippen LogP contribution >= 0.6 is 11.6 Å². The van der Waals surface area contributed by atoms with Crippen molar-refractivity contribution in [3.8, 4) is 6.01 Å². The second-order valence-corrected chi connectivity index (χ2v) is 12.3. The average molecular weight is 594 g/mol. The van der Waals surface area contributed by atoms with E-state index in [1.807, 2.05) is 31.2 Å². The fraction of sp³-hybridized carbons (Fsp3) is 0.455. The zero-order valence-electron chi connectivity index (χ0n) is 25.1. The molecule has 2 N–H and O–H groups in total. The van der Waals surface area contributed by atoms with Crippen LogP contribution in [0.4, 0.5) is 10.2 Å². The molecule has 224 valence electrons. The van der Waals surface area contributed by atoms with Gasteiger partial charge in [0.05, 0.1) is 11.6 Å². The molecule has 2 aliphatic heterocycles. The zero-order chi connectivity index (χ0) is 30.0. The summed E-state index contributed by atoms with van der Waals surface area (Å²) in [6, 6.07) is 10.8. The van der Waals surface area contributed by atoms with Crippen molar-refractivity contribution in [2.75, 3.05) is 38.2 Å². The normalized spacial score (nSPS) is 19.4. The van der Waals surface area contributed by atoms with Gasteiger partial charge in [0.1, 0.15) is 17.1 Å². The second-order valence-electron chi connectivity index (χ2n) is 11.8. The van der Waals surface area contributed by atoms with Crippen molar-refractivity contribution in [1.29, 1.82) is 0 Å². The Hall–Kier alpha value is -3.20. The van der Waals surface area contributed by atoms with Crippen LogP contribution in [-0.2, 0) is 0 Å². The molecule has 0 aliphatic carbocycles. The van der Waals surface area contributed by atoms with Crippen LogP contribution in [0.2, 0.25) is 5.02 Å². The number of rotatable bonds is 10. The molecule has 2 saturated heterocycles. The van der Waals surface area contributed by atoms with E-state index in [-0.39, 0.29) is 27.9 Å². The highest BCUT2D eigenvalue weighted by molar-refractivity contribution is 6.33.